The van der Waals surface area contributed by atoms with Crippen LogP contribution >= 0.6 is 0 Å². The second kappa shape index (κ2) is 7.08. The summed E-state index contributed by atoms with van der Waals surface area (Å²) in [4.78, 5) is 24.0. The molecule has 3 rings (SSSR count). The molecule has 25 heavy (non-hydrogen) atoms. The zero-order chi connectivity index (χ0) is 17.9. The minimum atomic E-state index is -4.40. The van der Waals surface area contributed by atoms with Gasteiger partial charge in [0, 0.05) is 38.4 Å². The summed E-state index contributed by atoms with van der Waals surface area (Å²) in [6.07, 6.45) is -1.61. The quantitative estimate of drug-likeness (QED) is 0.854. The van der Waals surface area contributed by atoms with Crippen LogP contribution < -0.4 is 4.90 Å². The molecule has 0 aliphatic carbocycles. The summed E-state index contributed by atoms with van der Waals surface area (Å²) in [6, 6.07) is 7.89. The molecule has 0 atom stereocenters. The van der Waals surface area contributed by atoms with Gasteiger partial charge in [-0.15, -0.1) is 0 Å². The number of carbonyl (C=O) groups excluding carboxylic acids is 1. The van der Waals surface area contributed by atoms with E-state index in [2.05, 4.69) is 9.97 Å². The van der Waals surface area contributed by atoms with E-state index in [0.717, 1.165) is 18.0 Å². The average molecular weight is 350 g/mol. The van der Waals surface area contributed by atoms with Gasteiger partial charge in [-0.25, -0.2) is 4.98 Å². The molecule has 132 valence electrons. The number of carbonyl (C=O) groups is 1. The molecule has 1 aliphatic heterocycles. The van der Waals surface area contributed by atoms with Crippen LogP contribution in [0.2, 0.25) is 0 Å². The summed E-state index contributed by atoms with van der Waals surface area (Å²) < 4.78 is 37.9. The lowest BCUT2D eigenvalue weighted by atomic mass is 10.2. The van der Waals surface area contributed by atoms with E-state index in [1.165, 1.54) is 6.07 Å². The van der Waals surface area contributed by atoms with Crippen LogP contribution in [0, 0.1) is 0 Å². The van der Waals surface area contributed by atoms with Crippen molar-refractivity contribution in [2.45, 2.75) is 19.1 Å². The number of rotatable bonds is 3. The molecule has 0 aromatic carbocycles. The summed E-state index contributed by atoms with van der Waals surface area (Å²) in [7, 11) is 0. The van der Waals surface area contributed by atoms with Crippen molar-refractivity contribution < 1.29 is 18.0 Å². The number of aromatic nitrogens is 2. The van der Waals surface area contributed by atoms with E-state index in [1.54, 1.807) is 11.1 Å². The maximum atomic E-state index is 12.6. The van der Waals surface area contributed by atoms with Gasteiger partial charge in [-0.3, -0.25) is 9.78 Å². The van der Waals surface area contributed by atoms with Gasteiger partial charge in [0.25, 0.3) is 0 Å². The van der Waals surface area contributed by atoms with Crippen LogP contribution in [0.1, 0.15) is 17.7 Å². The lowest BCUT2D eigenvalue weighted by Crippen LogP contribution is -2.33. The first-order valence-electron chi connectivity index (χ1n) is 7.89. The Morgan fingerprint density at radius 2 is 1.88 bits per heavy atom. The predicted octanol–water partition coefficient (Wildman–Crippen LogP) is 2.73. The van der Waals surface area contributed by atoms with Crippen molar-refractivity contribution in [1.82, 2.24) is 14.9 Å². The molecule has 1 aliphatic rings. The molecule has 0 radical (unpaired) electrons. The number of anilines is 1. The fourth-order valence-electron chi connectivity index (χ4n) is 2.69. The minimum Gasteiger partial charge on any atom is -0.354 e. The summed E-state index contributed by atoms with van der Waals surface area (Å²) >= 11 is 0. The number of halogens is 3. The Balaban J connectivity index is 1.67. The Morgan fingerprint density at radius 1 is 1.04 bits per heavy atom. The van der Waals surface area contributed by atoms with E-state index < -0.39 is 11.7 Å². The number of hydrogen-bond acceptors (Lipinski definition) is 4. The predicted molar refractivity (Wildman–Crippen MR) is 85.7 cm³/mol. The third-order valence-electron chi connectivity index (χ3n) is 4.07. The van der Waals surface area contributed by atoms with Gasteiger partial charge in [-0.05, 0) is 24.3 Å². The highest BCUT2D eigenvalue weighted by Crippen LogP contribution is 2.29. The molecule has 0 bridgehead atoms. The van der Waals surface area contributed by atoms with Crippen molar-refractivity contribution in [2.24, 2.45) is 0 Å². The van der Waals surface area contributed by atoms with Gasteiger partial charge < -0.3 is 9.80 Å². The van der Waals surface area contributed by atoms with E-state index in [1.807, 2.05) is 23.1 Å². The highest BCUT2D eigenvalue weighted by atomic mass is 19.4. The van der Waals surface area contributed by atoms with Crippen LogP contribution in [0.5, 0.6) is 0 Å². The van der Waals surface area contributed by atoms with Gasteiger partial charge in [-0.1, -0.05) is 6.07 Å². The van der Waals surface area contributed by atoms with E-state index in [9.17, 15) is 18.0 Å². The molecule has 8 heteroatoms. The number of pyridine rings is 2. The highest BCUT2D eigenvalue weighted by Gasteiger charge is 2.31. The molecular weight excluding hydrogens is 333 g/mol. The number of hydrogen-bond donors (Lipinski definition) is 0. The topological polar surface area (TPSA) is 49.3 Å². The summed E-state index contributed by atoms with van der Waals surface area (Å²) in [6.45, 7) is 1.83. The maximum absolute atomic E-state index is 12.6. The molecule has 5 nitrogen and oxygen atoms in total. The third-order valence-corrected chi connectivity index (χ3v) is 4.07. The molecule has 1 saturated heterocycles. The van der Waals surface area contributed by atoms with Crippen LogP contribution in [0.3, 0.4) is 0 Å². The smallest absolute Gasteiger partial charge is 0.354 e. The molecule has 0 saturated carbocycles. The average Bonchev–Trinajstić information content (AvgIpc) is 2.78. The van der Waals surface area contributed by atoms with Crippen molar-refractivity contribution in [3.05, 3.63) is 54.0 Å². The normalized spacial score (nSPS) is 16.0. The van der Waals surface area contributed by atoms with Crippen molar-refractivity contribution in [2.75, 3.05) is 24.5 Å². The first-order chi connectivity index (χ1) is 11.9. The number of alkyl halides is 3. The van der Waals surface area contributed by atoms with Gasteiger partial charge in [0.05, 0.1) is 17.8 Å². The SMILES string of the molecule is O=C1CCN(c2ccc(C(F)(F)F)cn2)CCN1Cc1ccccn1. The summed E-state index contributed by atoms with van der Waals surface area (Å²) in [5.41, 5.74) is 0.0240. The van der Waals surface area contributed by atoms with Crippen LogP contribution in [-0.4, -0.2) is 40.4 Å². The van der Waals surface area contributed by atoms with Gasteiger partial charge in [0.15, 0.2) is 0 Å². The number of nitrogens with zero attached hydrogens (tertiary/aromatic N) is 4. The lowest BCUT2D eigenvalue weighted by molar-refractivity contribution is -0.137. The molecular formula is C17H17F3N4O. The van der Waals surface area contributed by atoms with Crippen molar-refractivity contribution >= 4 is 11.7 Å². The van der Waals surface area contributed by atoms with E-state index in [-0.39, 0.29) is 12.3 Å². The molecule has 0 spiro atoms. The Morgan fingerprint density at radius 3 is 2.52 bits per heavy atom. The van der Waals surface area contributed by atoms with E-state index in [4.69, 9.17) is 0 Å². The van der Waals surface area contributed by atoms with Gasteiger partial charge in [0.2, 0.25) is 5.91 Å². The molecule has 2 aromatic heterocycles. The van der Waals surface area contributed by atoms with Crippen LogP contribution in [0.15, 0.2) is 42.7 Å². The lowest BCUT2D eigenvalue weighted by Gasteiger charge is -2.23. The minimum absolute atomic E-state index is 0.0000599. The molecule has 0 unspecified atom stereocenters. The van der Waals surface area contributed by atoms with Crippen LogP contribution in [0.4, 0.5) is 19.0 Å². The zero-order valence-electron chi connectivity index (χ0n) is 13.4. The van der Waals surface area contributed by atoms with Crippen molar-refractivity contribution in [1.29, 1.82) is 0 Å². The second-order valence-corrected chi connectivity index (χ2v) is 5.78. The standard InChI is InChI=1S/C17H17F3N4O/c18-17(19,20)13-4-5-15(22-11-13)23-8-6-16(25)24(10-9-23)12-14-3-1-2-7-21-14/h1-5,7,11H,6,8-10,12H2. The third kappa shape index (κ3) is 4.26. The Labute approximate surface area is 143 Å². The first-order valence-corrected chi connectivity index (χ1v) is 7.89. The molecule has 1 amide bonds. The van der Waals surface area contributed by atoms with Crippen LogP contribution in [-0.2, 0) is 17.5 Å². The van der Waals surface area contributed by atoms with Gasteiger partial charge >= 0.3 is 6.18 Å². The number of amides is 1. The Bertz CT molecular complexity index is 719. The molecule has 2 aromatic rings. The second-order valence-electron chi connectivity index (χ2n) is 5.78. The summed E-state index contributed by atoms with van der Waals surface area (Å²) in [5, 5.41) is 0. The van der Waals surface area contributed by atoms with Crippen molar-refractivity contribution in [3.8, 4) is 0 Å². The van der Waals surface area contributed by atoms with Crippen molar-refractivity contribution in [3.63, 3.8) is 0 Å². The summed E-state index contributed by atoms with van der Waals surface area (Å²) in [5.74, 6) is 0.445. The van der Waals surface area contributed by atoms with Gasteiger partial charge in [-0.2, -0.15) is 13.2 Å². The first kappa shape index (κ1) is 17.2. The molecule has 3 heterocycles. The Kier molecular flexibility index (Phi) is 4.87. The van der Waals surface area contributed by atoms with E-state index in [0.29, 0.717) is 32.0 Å². The van der Waals surface area contributed by atoms with E-state index >= 15 is 0 Å². The fourth-order valence-corrected chi connectivity index (χ4v) is 2.69. The van der Waals surface area contributed by atoms with Gasteiger partial charge in [0.1, 0.15) is 5.82 Å². The van der Waals surface area contributed by atoms with Crippen LogP contribution in [0.25, 0.3) is 0 Å². The monoisotopic (exact) mass is 350 g/mol. The Hall–Kier alpha value is -2.64. The molecule has 0 N–H and O–H groups in total. The highest BCUT2D eigenvalue weighted by molar-refractivity contribution is 5.77. The molecule has 1 fully saturated rings. The zero-order valence-corrected chi connectivity index (χ0v) is 13.4. The fraction of sp³-hybridized carbons (Fsp3) is 0.353. The maximum Gasteiger partial charge on any atom is 0.417 e. The largest absolute Gasteiger partial charge is 0.417 e.